The van der Waals surface area contributed by atoms with Gasteiger partial charge in [-0.2, -0.15) is 0 Å². The zero-order valence-corrected chi connectivity index (χ0v) is 11.6. The van der Waals surface area contributed by atoms with E-state index in [2.05, 4.69) is 0 Å². The summed E-state index contributed by atoms with van der Waals surface area (Å²) in [5, 5.41) is 0.453. The van der Waals surface area contributed by atoms with Crippen molar-refractivity contribution in [3.05, 3.63) is 16.7 Å². The molecule has 4 nitrogen and oxygen atoms in total. The van der Waals surface area contributed by atoms with Gasteiger partial charge in [-0.15, -0.1) is 0 Å². The third-order valence-electron chi connectivity index (χ3n) is 2.66. The Balaban J connectivity index is 2.48. The molecular formula is C13H18ClNO3. The predicted molar refractivity (Wildman–Crippen MR) is 71.0 cm³/mol. The van der Waals surface area contributed by atoms with Crippen molar-refractivity contribution in [2.24, 2.45) is 5.73 Å². The average Bonchev–Trinajstić information content (AvgIpc) is 2.27. The lowest BCUT2D eigenvalue weighted by Crippen LogP contribution is -2.34. The maximum Gasteiger partial charge on any atom is 0.183 e. The van der Waals surface area contributed by atoms with E-state index in [1.54, 1.807) is 7.11 Å². The monoisotopic (exact) mass is 271 g/mol. The molecular weight excluding hydrogens is 254 g/mol. The summed E-state index contributed by atoms with van der Waals surface area (Å²) in [5.74, 6) is 1.82. The Bertz CT molecular complexity index is 455. The van der Waals surface area contributed by atoms with E-state index in [0.29, 0.717) is 41.9 Å². The molecule has 1 heterocycles. The largest absolute Gasteiger partial charge is 0.495 e. The zero-order valence-electron chi connectivity index (χ0n) is 10.9. The fourth-order valence-electron chi connectivity index (χ4n) is 2.02. The first-order valence-electron chi connectivity index (χ1n) is 5.86. The highest BCUT2D eigenvalue weighted by Crippen LogP contribution is 2.46. The molecule has 18 heavy (non-hydrogen) atoms. The van der Waals surface area contributed by atoms with Gasteiger partial charge >= 0.3 is 0 Å². The molecule has 1 aromatic rings. The van der Waals surface area contributed by atoms with E-state index in [0.717, 1.165) is 5.56 Å². The van der Waals surface area contributed by atoms with Crippen LogP contribution < -0.4 is 19.9 Å². The molecule has 0 saturated heterocycles. The smallest absolute Gasteiger partial charge is 0.183 e. The van der Waals surface area contributed by atoms with Gasteiger partial charge in [-0.1, -0.05) is 11.6 Å². The number of nitrogens with two attached hydrogens (primary N) is 1. The van der Waals surface area contributed by atoms with E-state index >= 15 is 0 Å². The van der Waals surface area contributed by atoms with Crippen molar-refractivity contribution in [3.63, 3.8) is 0 Å². The van der Waals surface area contributed by atoms with E-state index < -0.39 is 0 Å². The van der Waals surface area contributed by atoms with Crippen LogP contribution in [0.5, 0.6) is 17.2 Å². The fraction of sp³-hybridized carbons (Fsp3) is 0.538. The number of methoxy groups -OCH3 is 1. The van der Waals surface area contributed by atoms with Gasteiger partial charge < -0.3 is 19.9 Å². The molecule has 1 aliphatic rings. The fourth-order valence-corrected chi connectivity index (χ4v) is 2.37. The molecule has 0 atom stereocenters. The molecule has 0 fully saturated rings. The summed E-state index contributed by atoms with van der Waals surface area (Å²) in [6.07, 6.45) is 0.645. The van der Waals surface area contributed by atoms with Crippen molar-refractivity contribution in [1.29, 1.82) is 0 Å². The highest BCUT2D eigenvalue weighted by Gasteiger charge is 2.25. The maximum absolute atomic E-state index is 6.29. The van der Waals surface area contributed by atoms with E-state index in [1.165, 1.54) is 0 Å². The molecule has 1 aliphatic heterocycles. The number of hydrogen-bond acceptors (Lipinski definition) is 4. The average molecular weight is 272 g/mol. The molecule has 0 bridgehead atoms. The highest BCUT2D eigenvalue weighted by molar-refractivity contribution is 6.34. The lowest BCUT2D eigenvalue weighted by molar-refractivity contribution is 0.170. The Morgan fingerprint density at radius 2 is 2.06 bits per heavy atom. The Hall–Kier alpha value is -1.13. The molecule has 100 valence electrons. The Kier molecular flexibility index (Phi) is 3.59. The summed E-state index contributed by atoms with van der Waals surface area (Å²) in [4.78, 5) is 0. The first-order valence-corrected chi connectivity index (χ1v) is 6.24. The molecule has 0 unspecified atom stereocenters. The molecule has 0 aliphatic carbocycles. The summed E-state index contributed by atoms with van der Waals surface area (Å²) in [5.41, 5.74) is 6.63. The molecule has 5 heteroatoms. The Morgan fingerprint density at radius 1 is 1.39 bits per heavy atom. The minimum Gasteiger partial charge on any atom is -0.495 e. The zero-order chi connectivity index (χ0) is 13.3. The van der Waals surface area contributed by atoms with Crippen LogP contribution in [0.25, 0.3) is 0 Å². The number of hydrogen-bond donors (Lipinski definition) is 1. The standard InChI is InChI=1S/C13H18ClNO3/c1-13(2,15)7-8-6-9-12(18-5-4-17-9)10(14)11(8)16-3/h6H,4-5,7,15H2,1-3H3. The second-order valence-electron chi connectivity index (χ2n) is 5.07. The molecule has 0 aromatic heterocycles. The Morgan fingerprint density at radius 3 is 2.67 bits per heavy atom. The topological polar surface area (TPSA) is 53.7 Å². The van der Waals surface area contributed by atoms with Crippen molar-refractivity contribution in [1.82, 2.24) is 0 Å². The van der Waals surface area contributed by atoms with E-state index in [-0.39, 0.29) is 5.54 Å². The van der Waals surface area contributed by atoms with Crippen molar-refractivity contribution < 1.29 is 14.2 Å². The molecule has 2 N–H and O–H groups in total. The SMILES string of the molecule is COc1c(CC(C)(C)N)cc2c(c1Cl)OCCO2. The van der Waals surface area contributed by atoms with Crippen molar-refractivity contribution in [2.45, 2.75) is 25.8 Å². The predicted octanol–water partition coefficient (Wildman–Crippen LogP) is 2.40. The van der Waals surface area contributed by atoms with Gasteiger partial charge in [-0.05, 0) is 26.3 Å². The normalized spacial score (nSPS) is 14.5. The van der Waals surface area contributed by atoms with Crippen molar-refractivity contribution in [3.8, 4) is 17.2 Å². The number of halogens is 1. The van der Waals surface area contributed by atoms with E-state index in [9.17, 15) is 0 Å². The molecule has 2 rings (SSSR count). The third kappa shape index (κ3) is 2.65. The van der Waals surface area contributed by atoms with Gasteiger partial charge in [0.25, 0.3) is 0 Å². The first kappa shape index (κ1) is 13.3. The molecule has 1 aromatic carbocycles. The van der Waals surface area contributed by atoms with Gasteiger partial charge in [-0.3, -0.25) is 0 Å². The summed E-state index contributed by atoms with van der Waals surface area (Å²) in [6, 6.07) is 1.90. The van der Waals surface area contributed by atoms with Crippen LogP contribution in [0.4, 0.5) is 0 Å². The van der Waals surface area contributed by atoms with E-state index in [4.69, 9.17) is 31.5 Å². The van der Waals surface area contributed by atoms with Crippen LogP contribution in [0.15, 0.2) is 6.07 Å². The van der Waals surface area contributed by atoms with Crippen LogP contribution in [0.3, 0.4) is 0 Å². The van der Waals surface area contributed by atoms with Gasteiger partial charge in [0, 0.05) is 11.1 Å². The van der Waals surface area contributed by atoms with Crippen LogP contribution in [0, 0.1) is 0 Å². The van der Waals surface area contributed by atoms with Gasteiger partial charge in [0.2, 0.25) is 0 Å². The van der Waals surface area contributed by atoms with Gasteiger partial charge in [0.05, 0.1) is 7.11 Å². The third-order valence-corrected chi connectivity index (χ3v) is 3.00. The van der Waals surface area contributed by atoms with Crippen LogP contribution in [-0.2, 0) is 6.42 Å². The van der Waals surface area contributed by atoms with Gasteiger partial charge in [0.15, 0.2) is 11.5 Å². The summed E-state index contributed by atoms with van der Waals surface area (Å²) in [7, 11) is 1.59. The van der Waals surface area contributed by atoms with Crippen LogP contribution >= 0.6 is 11.6 Å². The van der Waals surface area contributed by atoms with Gasteiger partial charge in [-0.25, -0.2) is 0 Å². The van der Waals surface area contributed by atoms with Gasteiger partial charge in [0.1, 0.15) is 24.0 Å². The quantitative estimate of drug-likeness (QED) is 0.917. The number of ether oxygens (including phenoxy) is 3. The minimum atomic E-state index is -0.347. The molecule has 0 spiro atoms. The lowest BCUT2D eigenvalue weighted by atomic mass is 9.95. The van der Waals surface area contributed by atoms with Crippen LogP contribution in [-0.4, -0.2) is 25.9 Å². The van der Waals surface area contributed by atoms with Crippen molar-refractivity contribution in [2.75, 3.05) is 20.3 Å². The number of benzene rings is 1. The maximum atomic E-state index is 6.29. The number of fused-ring (bicyclic) bond motifs is 1. The van der Waals surface area contributed by atoms with Crippen LogP contribution in [0.2, 0.25) is 5.02 Å². The summed E-state index contributed by atoms with van der Waals surface area (Å²) >= 11 is 6.29. The van der Waals surface area contributed by atoms with Crippen LogP contribution in [0.1, 0.15) is 19.4 Å². The molecule has 0 amide bonds. The molecule has 0 radical (unpaired) electrons. The number of rotatable bonds is 3. The summed E-state index contributed by atoms with van der Waals surface area (Å²) < 4.78 is 16.4. The van der Waals surface area contributed by atoms with Crippen molar-refractivity contribution >= 4 is 11.6 Å². The second-order valence-corrected chi connectivity index (χ2v) is 5.45. The molecule has 0 saturated carbocycles. The first-order chi connectivity index (χ1) is 8.42. The highest BCUT2D eigenvalue weighted by atomic mass is 35.5. The second kappa shape index (κ2) is 4.86. The Labute approximate surface area is 112 Å². The van der Waals surface area contributed by atoms with E-state index in [1.807, 2.05) is 19.9 Å². The minimum absolute atomic E-state index is 0.347. The lowest BCUT2D eigenvalue weighted by Gasteiger charge is -2.25. The summed E-state index contributed by atoms with van der Waals surface area (Å²) in [6.45, 7) is 4.94.